The average Bonchev–Trinajstić information content (AvgIpc) is 2.30. The van der Waals surface area contributed by atoms with Crippen LogP contribution in [0.2, 0.25) is 0 Å². The van der Waals surface area contributed by atoms with Gasteiger partial charge in [-0.05, 0) is 36.9 Å². The first-order valence-corrected chi connectivity index (χ1v) is 6.24. The standard InChI is InChI=1S/C13H20ClN/c1-2-12-5-7-13(8-6-12)11-15-10-4-3-9-14/h5-8,15H,2-4,9-11H2,1H3. The molecule has 1 nitrogen and oxygen atoms in total. The van der Waals surface area contributed by atoms with Crippen molar-refractivity contribution in [3.63, 3.8) is 0 Å². The molecule has 1 aromatic rings. The fourth-order valence-electron chi connectivity index (χ4n) is 1.47. The van der Waals surface area contributed by atoms with Crippen LogP contribution < -0.4 is 5.32 Å². The molecule has 0 radical (unpaired) electrons. The maximum atomic E-state index is 5.60. The lowest BCUT2D eigenvalue weighted by atomic mass is 10.1. The molecule has 0 fully saturated rings. The van der Waals surface area contributed by atoms with Crippen LogP contribution in [0.15, 0.2) is 24.3 Å². The van der Waals surface area contributed by atoms with Crippen molar-refractivity contribution in [1.82, 2.24) is 5.32 Å². The molecule has 0 aromatic heterocycles. The quantitative estimate of drug-likeness (QED) is 0.554. The highest BCUT2D eigenvalue weighted by Crippen LogP contribution is 2.04. The van der Waals surface area contributed by atoms with Gasteiger partial charge in [-0.25, -0.2) is 0 Å². The number of nitrogens with one attached hydrogen (secondary N) is 1. The van der Waals surface area contributed by atoms with Gasteiger partial charge in [-0.2, -0.15) is 0 Å². The Labute approximate surface area is 97.8 Å². The number of alkyl halides is 1. The van der Waals surface area contributed by atoms with Gasteiger partial charge in [0, 0.05) is 12.4 Å². The zero-order valence-corrected chi connectivity index (χ0v) is 10.2. The summed E-state index contributed by atoms with van der Waals surface area (Å²) >= 11 is 5.60. The molecule has 2 heteroatoms. The first-order valence-electron chi connectivity index (χ1n) is 5.71. The van der Waals surface area contributed by atoms with Gasteiger partial charge in [0.1, 0.15) is 0 Å². The van der Waals surface area contributed by atoms with Crippen molar-refractivity contribution in [2.45, 2.75) is 32.7 Å². The highest BCUT2D eigenvalue weighted by molar-refractivity contribution is 6.17. The van der Waals surface area contributed by atoms with Crippen molar-refractivity contribution in [3.8, 4) is 0 Å². The minimum Gasteiger partial charge on any atom is -0.313 e. The van der Waals surface area contributed by atoms with Gasteiger partial charge < -0.3 is 5.32 Å². The predicted octanol–water partition coefficient (Wildman–Crippen LogP) is 3.36. The summed E-state index contributed by atoms with van der Waals surface area (Å²) < 4.78 is 0. The largest absolute Gasteiger partial charge is 0.313 e. The molecule has 0 unspecified atom stereocenters. The Morgan fingerprint density at radius 3 is 2.33 bits per heavy atom. The lowest BCUT2D eigenvalue weighted by Gasteiger charge is -2.05. The summed E-state index contributed by atoms with van der Waals surface area (Å²) in [7, 11) is 0. The molecule has 0 saturated heterocycles. The van der Waals surface area contributed by atoms with Crippen LogP contribution in [-0.2, 0) is 13.0 Å². The number of unbranched alkanes of at least 4 members (excludes halogenated alkanes) is 1. The summed E-state index contributed by atoms with van der Waals surface area (Å²) in [6.07, 6.45) is 3.38. The van der Waals surface area contributed by atoms with E-state index in [9.17, 15) is 0 Å². The molecular formula is C13H20ClN. The monoisotopic (exact) mass is 225 g/mol. The van der Waals surface area contributed by atoms with E-state index in [1.165, 1.54) is 11.1 Å². The number of hydrogen-bond acceptors (Lipinski definition) is 1. The van der Waals surface area contributed by atoms with Crippen LogP contribution in [0.25, 0.3) is 0 Å². The molecular weight excluding hydrogens is 206 g/mol. The van der Waals surface area contributed by atoms with Crippen molar-refractivity contribution in [2.75, 3.05) is 12.4 Å². The fourth-order valence-corrected chi connectivity index (χ4v) is 1.66. The summed E-state index contributed by atoms with van der Waals surface area (Å²) in [5.74, 6) is 0.771. The molecule has 0 amide bonds. The number of rotatable bonds is 7. The maximum absolute atomic E-state index is 5.60. The third-order valence-electron chi connectivity index (χ3n) is 2.50. The molecule has 15 heavy (non-hydrogen) atoms. The van der Waals surface area contributed by atoms with Crippen LogP contribution in [0.3, 0.4) is 0 Å². The zero-order valence-electron chi connectivity index (χ0n) is 9.43. The number of halogens is 1. The van der Waals surface area contributed by atoms with E-state index in [0.29, 0.717) is 0 Å². The van der Waals surface area contributed by atoms with E-state index >= 15 is 0 Å². The van der Waals surface area contributed by atoms with Crippen molar-refractivity contribution in [1.29, 1.82) is 0 Å². The maximum Gasteiger partial charge on any atom is 0.0223 e. The Hall–Kier alpha value is -0.530. The van der Waals surface area contributed by atoms with Gasteiger partial charge in [-0.1, -0.05) is 31.2 Å². The third-order valence-corrected chi connectivity index (χ3v) is 2.76. The molecule has 0 aliphatic rings. The molecule has 1 rings (SSSR count). The minimum absolute atomic E-state index is 0.771. The Bertz CT molecular complexity index is 256. The summed E-state index contributed by atoms with van der Waals surface area (Å²) in [4.78, 5) is 0. The first kappa shape index (κ1) is 12.5. The number of aryl methyl sites for hydroxylation is 1. The van der Waals surface area contributed by atoms with Gasteiger partial charge >= 0.3 is 0 Å². The molecule has 1 aromatic carbocycles. The third kappa shape index (κ3) is 5.19. The molecule has 0 bridgehead atoms. The minimum atomic E-state index is 0.771. The van der Waals surface area contributed by atoms with E-state index < -0.39 is 0 Å². The van der Waals surface area contributed by atoms with Crippen molar-refractivity contribution in [3.05, 3.63) is 35.4 Å². The van der Waals surface area contributed by atoms with Crippen molar-refractivity contribution < 1.29 is 0 Å². The zero-order chi connectivity index (χ0) is 10.9. The normalized spacial score (nSPS) is 10.5. The molecule has 0 heterocycles. The van der Waals surface area contributed by atoms with Crippen LogP contribution in [-0.4, -0.2) is 12.4 Å². The summed E-state index contributed by atoms with van der Waals surface area (Å²) in [6.45, 7) is 4.20. The van der Waals surface area contributed by atoms with Gasteiger partial charge in [0.05, 0.1) is 0 Å². The fraction of sp³-hybridized carbons (Fsp3) is 0.538. The average molecular weight is 226 g/mol. The van der Waals surface area contributed by atoms with Crippen LogP contribution >= 0.6 is 11.6 Å². The molecule has 0 aliphatic heterocycles. The lowest BCUT2D eigenvalue weighted by molar-refractivity contribution is 0.643. The summed E-state index contributed by atoms with van der Waals surface area (Å²) in [5, 5.41) is 3.42. The van der Waals surface area contributed by atoms with E-state index in [-0.39, 0.29) is 0 Å². The van der Waals surface area contributed by atoms with Gasteiger partial charge in [-0.3, -0.25) is 0 Å². The second kappa shape index (κ2) is 7.72. The van der Waals surface area contributed by atoms with Crippen LogP contribution in [0, 0.1) is 0 Å². The highest BCUT2D eigenvalue weighted by Gasteiger charge is 1.93. The van der Waals surface area contributed by atoms with Crippen LogP contribution in [0.1, 0.15) is 30.9 Å². The molecule has 0 aliphatic carbocycles. The van der Waals surface area contributed by atoms with E-state index in [1.807, 2.05) is 0 Å². The highest BCUT2D eigenvalue weighted by atomic mass is 35.5. The van der Waals surface area contributed by atoms with Crippen molar-refractivity contribution in [2.24, 2.45) is 0 Å². The van der Waals surface area contributed by atoms with Crippen molar-refractivity contribution >= 4 is 11.6 Å². The van der Waals surface area contributed by atoms with Gasteiger partial charge in [0.25, 0.3) is 0 Å². The van der Waals surface area contributed by atoms with E-state index in [2.05, 4.69) is 36.5 Å². The Kier molecular flexibility index (Phi) is 6.45. The van der Waals surface area contributed by atoms with Crippen LogP contribution in [0.4, 0.5) is 0 Å². The Morgan fingerprint density at radius 1 is 1.07 bits per heavy atom. The topological polar surface area (TPSA) is 12.0 Å². The number of benzene rings is 1. The molecule has 0 atom stereocenters. The van der Waals surface area contributed by atoms with Gasteiger partial charge in [0.15, 0.2) is 0 Å². The van der Waals surface area contributed by atoms with E-state index in [1.54, 1.807) is 0 Å². The Balaban J connectivity index is 2.20. The summed E-state index contributed by atoms with van der Waals surface area (Å²) in [6, 6.07) is 8.81. The molecule has 0 spiro atoms. The lowest BCUT2D eigenvalue weighted by Crippen LogP contribution is -2.14. The number of hydrogen-bond donors (Lipinski definition) is 1. The molecule has 1 N–H and O–H groups in total. The molecule has 84 valence electrons. The second-order valence-electron chi connectivity index (χ2n) is 3.74. The van der Waals surface area contributed by atoms with Gasteiger partial charge in [0.2, 0.25) is 0 Å². The SMILES string of the molecule is CCc1ccc(CNCCCCCl)cc1. The van der Waals surface area contributed by atoms with Gasteiger partial charge in [-0.15, -0.1) is 11.6 Å². The Morgan fingerprint density at radius 2 is 1.73 bits per heavy atom. The molecule has 0 saturated carbocycles. The second-order valence-corrected chi connectivity index (χ2v) is 4.12. The van der Waals surface area contributed by atoms with E-state index in [0.717, 1.165) is 38.2 Å². The van der Waals surface area contributed by atoms with Crippen LogP contribution in [0.5, 0.6) is 0 Å². The summed E-state index contributed by atoms with van der Waals surface area (Å²) in [5.41, 5.74) is 2.76. The first-order chi connectivity index (χ1) is 7.36. The smallest absolute Gasteiger partial charge is 0.0223 e. The predicted molar refractivity (Wildman–Crippen MR) is 67.5 cm³/mol. The van der Waals surface area contributed by atoms with E-state index in [4.69, 9.17) is 11.6 Å².